The molecule has 1 heterocycles. The molecule has 7 nitrogen and oxygen atoms in total. The zero-order valence-electron chi connectivity index (χ0n) is 15.6. The van der Waals surface area contributed by atoms with Gasteiger partial charge < -0.3 is 15.8 Å². The van der Waals surface area contributed by atoms with Crippen molar-refractivity contribution in [1.29, 1.82) is 0 Å². The van der Waals surface area contributed by atoms with Crippen LogP contribution < -0.4 is 11.1 Å². The first kappa shape index (κ1) is 18.5. The van der Waals surface area contributed by atoms with E-state index in [2.05, 4.69) is 15.4 Å². The number of nitrogens with zero attached hydrogens (tertiary/aromatic N) is 3. The van der Waals surface area contributed by atoms with Crippen LogP contribution in [0.3, 0.4) is 0 Å². The van der Waals surface area contributed by atoms with Gasteiger partial charge in [0.1, 0.15) is 18.2 Å². The second-order valence-electron chi connectivity index (χ2n) is 7.39. The molecule has 7 heteroatoms. The monoisotopic (exact) mass is 357 g/mol. The Balaban J connectivity index is 1.65. The molecule has 1 aromatic heterocycles. The van der Waals surface area contributed by atoms with Gasteiger partial charge in [0, 0.05) is 25.0 Å². The zero-order chi connectivity index (χ0) is 18.8. The molecule has 0 radical (unpaired) electrons. The summed E-state index contributed by atoms with van der Waals surface area (Å²) in [5.41, 5.74) is 7.27. The average molecular weight is 357 g/mol. The van der Waals surface area contributed by atoms with Gasteiger partial charge in [-0.3, -0.25) is 4.79 Å². The van der Waals surface area contributed by atoms with Crippen LogP contribution in [-0.4, -0.2) is 38.9 Å². The number of ether oxygens (including phenoxy) is 1. The van der Waals surface area contributed by atoms with Crippen molar-refractivity contribution in [2.75, 3.05) is 6.61 Å². The second-order valence-corrected chi connectivity index (χ2v) is 7.39. The van der Waals surface area contributed by atoms with E-state index in [1.165, 1.54) is 6.33 Å². The van der Waals surface area contributed by atoms with E-state index in [0.717, 1.165) is 11.1 Å². The van der Waals surface area contributed by atoms with Gasteiger partial charge in [0.15, 0.2) is 0 Å². The maximum Gasteiger partial charge on any atom is 0.241 e. The van der Waals surface area contributed by atoms with Crippen molar-refractivity contribution in [2.45, 2.75) is 51.9 Å². The van der Waals surface area contributed by atoms with E-state index in [4.69, 9.17) is 10.5 Å². The summed E-state index contributed by atoms with van der Waals surface area (Å²) in [7, 11) is 0. The summed E-state index contributed by atoms with van der Waals surface area (Å²) in [4.78, 5) is 16.8. The van der Waals surface area contributed by atoms with E-state index >= 15 is 0 Å². The minimum Gasteiger partial charge on any atom is -0.378 e. The van der Waals surface area contributed by atoms with Gasteiger partial charge in [0.05, 0.1) is 12.6 Å². The minimum atomic E-state index is -0.909. The van der Waals surface area contributed by atoms with Crippen molar-refractivity contribution >= 4 is 5.91 Å². The number of carbonyl (C=O) groups is 1. The van der Waals surface area contributed by atoms with E-state index in [-0.39, 0.29) is 12.0 Å². The number of aromatic nitrogens is 3. The molecule has 0 spiro atoms. The van der Waals surface area contributed by atoms with Gasteiger partial charge in [0.25, 0.3) is 0 Å². The number of nitrogens with two attached hydrogens (primary N) is 1. The third-order valence-electron chi connectivity index (χ3n) is 5.59. The summed E-state index contributed by atoms with van der Waals surface area (Å²) in [5.74, 6) is -0.131. The highest BCUT2D eigenvalue weighted by Gasteiger charge is 2.62. The van der Waals surface area contributed by atoms with E-state index in [1.54, 1.807) is 11.0 Å². The Labute approximate surface area is 153 Å². The van der Waals surface area contributed by atoms with E-state index in [9.17, 15) is 4.79 Å². The van der Waals surface area contributed by atoms with E-state index < -0.39 is 11.0 Å². The van der Waals surface area contributed by atoms with Gasteiger partial charge in [0.2, 0.25) is 5.91 Å². The van der Waals surface area contributed by atoms with E-state index in [0.29, 0.717) is 26.1 Å². The van der Waals surface area contributed by atoms with Gasteiger partial charge in [-0.1, -0.05) is 38.1 Å². The first-order chi connectivity index (χ1) is 12.4. The number of amides is 1. The SMILES string of the molecule is CCOC1CC(N)(C(=O)NCc2ccccc2Cn2cncn2)C1(C)C. The standard InChI is InChI=1S/C19H27N5O2/c1-4-26-16-9-19(20,18(16,2)3)17(25)22-10-14-7-5-6-8-15(14)11-24-13-21-12-23-24/h5-8,12-13,16H,4,9-11,20H2,1-3H3,(H,22,25). The highest BCUT2D eigenvalue weighted by Crippen LogP contribution is 2.49. The topological polar surface area (TPSA) is 95.1 Å². The summed E-state index contributed by atoms with van der Waals surface area (Å²) in [6.45, 7) is 7.61. The quantitative estimate of drug-likeness (QED) is 0.782. The smallest absolute Gasteiger partial charge is 0.241 e. The predicted octanol–water partition coefficient (Wildman–Crippen LogP) is 1.48. The molecular weight excluding hydrogens is 330 g/mol. The molecule has 0 bridgehead atoms. The van der Waals surface area contributed by atoms with Gasteiger partial charge >= 0.3 is 0 Å². The molecule has 1 saturated carbocycles. The third-order valence-corrected chi connectivity index (χ3v) is 5.59. The van der Waals surface area contributed by atoms with Gasteiger partial charge in [-0.05, 0) is 18.1 Å². The average Bonchev–Trinajstić information content (AvgIpc) is 3.13. The zero-order valence-corrected chi connectivity index (χ0v) is 15.6. The van der Waals surface area contributed by atoms with Crippen LogP contribution in [0.5, 0.6) is 0 Å². The Morgan fingerprint density at radius 2 is 2.12 bits per heavy atom. The summed E-state index contributed by atoms with van der Waals surface area (Å²) in [6.07, 6.45) is 3.74. The fourth-order valence-electron chi connectivity index (χ4n) is 3.53. The molecule has 2 aromatic rings. The Hall–Kier alpha value is -2.25. The third kappa shape index (κ3) is 3.24. The number of rotatable bonds is 7. The first-order valence-electron chi connectivity index (χ1n) is 8.96. The molecule has 0 saturated heterocycles. The lowest BCUT2D eigenvalue weighted by atomic mass is 9.54. The first-order valence-corrected chi connectivity index (χ1v) is 8.96. The highest BCUT2D eigenvalue weighted by molar-refractivity contribution is 5.88. The van der Waals surface area contributed by atoms with Crippen LogP contribution in [0.2, 0.25) is 0 Å². The molecule has 1 aromatic carbocycles. The van der Waals surface area contributed by atoms with Crippen LogP contribution >= 0.6 is 0 Å². The fourth-order valence-corrected chi connectivity index (χ4v) is 3.53. The summed E-state index contributed by atoms with van der Waals surface area (Å²) >= 11 is 0. The number of nitrogens with one attached hydrogen (secondary N) is 1. The summed E-state index contributed by atoms with van der Waals surface area (Å²) in [6, 6.07) is 7.97. The van der Waals surface area contributed by atoms with Crippen molar-refractivity contribution in [3.8, 4) is 0 Å². The Morgan fingerprint density at radius 1 is 1.38 bits per heavy atom. The van der Waals surface area contributed by atoms with Crippen LogP contribution in [0.4, 0.5) is 0 Å². The number of hydrogen-bond donors (Lipinski definition) is 2. The van der Waals surface area contributed by atoms with Crippen LogP contribution in [-0.2, 0) is 22.6 Å². The van der Waals surface area contributed by atoms with Crippen molar-refractivity contribution in [1.82, 2.24) is 20.1 Å². The molecular formula is C19H27N5O2. The van der Waals surface area contributed by atoms with Crippen molar-refractivity contribution in [3.05, 3.63) is 48.0 Å². The van der Waals surface area contributed by atoms with Gasteiger partial charge in [-0.2, -0.15) is 5.10 Å². The molecule has 1 fully saturated rings. The maximum atomic E-state index is 12.8. The Kier molecular flexibility index (Phi) is 5.11. The van der Waals surface area contributed by atoms with Crippen LogP contribution in [0.1, 0.15) is 38.3 Å². The fraction of sp³-hybridized carbons (Fsp3) is 0.526. The lowest BCUT2D eigenvalue weighted by Crippen LogP contribution is -2.75. The lowest BCUT2D eigenvalue weighted by Gasteiger charge is -2.57. The molecule has 1 amide bonds. The Bertz CT molecular complexity index is 759. The molecule has 26 heavy (non-hydrogen) atoms. The van der Waals surface area contributed by atoms with Gasteiger partial charge in [-0.15, -0.1) is 0 Å². The molecule has 1 aliphatic carbocycles. The predicted molar refractivity (Wildman–Crippen MR) is 98.1 cm³/mol. The lowest BCUT2D eigenvalue weighted by molar-refractivity contribution is -0.170. The molecule has 2 unspecified atom stereocenters. The normalized spacial score (nSPS) is 24.1. The Morgan fingerprint density at radius 3 is 2.73 bits per heavy atom. The molecule has 1 aliphatic rings. The maximum absolute atomic E-state index is 12.8. The van der Waals surface area contributed by atoms with Crippen LogP contribution in [0, 0.1) is 5.41 Å². The second kappa shape index (κ2) is 7.17. The van der Waals surface area contributed by atoms with Crippen molar-refractivity contribution in [2.24, 2.45) is 11.1 Å². The van der Waals surface area contributed by atoms with Crippen LogP contribution in [0.15, 0.2) is 36.9 Å². The molecule has 0 aliphatic heterocycles. The number of hydrogen-bond acceptors (Lipinski definition) is 5. The largest absolute Gasteiger partial charge is 0.378 e. The molecule has 140 valence electrons. The minimum absolute atomic E-state index is 0.0165. The molecule has 2 atom stereocenters. The van der Waals surface area contributed by atoms with Crippen molar-refractivity contribution < 1.29 is 9.53 Å². The molecule has 3 N–H and O–H groups in total. The number of benzene rings is 1. The van der Waals surface area contributed by atoms with Gasteiger partial charge in [-0.25, -0.2) is 9.67 Å². The highest BCUT2D eigenvalue weighted by atomic mass is 16.5. The molecule has 3 rings (SSSR count). The van der Waals surface area contributed by atoms with Crippen molar-refractivity contribution in [3.63, 3.8) is 0 Å². The number of carbonyl (C=O) groups excluding carboxylic acids is 1. The van der Waals surface area contributed by atoms with E-state index in [1.807, 2.05) is 45.0 Å². The van der Waals surface area contributed by atoms with Crippen LogP contribution in [0.25, 0.3) is 0 Å². The summed E-state index contributed by atoms with van der Waals surface area (Å²) in [5, 5.41) is 7.15. The summed E-state index contributed by atoms with van der Waals surface area (Å²) < 4.78 is 7.46.